The van der Waals surface area contributed by atoms with Crippen molar-refractivity contribution in [2.24, 2.45) is 0 Å². The number of benzene rings is 1. The molecule has 1 aromatic carbocycles. The first-order chi connectivity index (χ1) is 12.3. The second kappa shape index (κ2) is 6.93. The average molecular weight is 394 g/mol. The molecule has 2 N–H and O–H groups in total. The van der Waals surface area contributed by atoms with Crippen molar-refractivity contribution in [1.82, 2.24) is 15.4 Å². The first-order valence-corrected chi connectivity index (χ1v) is 9.45. The number of rotatable bonds is 5. The Hall–Kier alpha value is -2.65. The van der Waals surface area contributed by atoms with E-state index in [9.17, 15) is 8.42 Å². The molecule has 0 saturated carbocycles. The standard InChI is InChI=1S/C16H16ClN5O3S/c1-9-4-5-12(8-13(9)17)18-14-6-7-15(20-19-14)22-26(23,24)16-10(2)21-25-11(16)3/h4-8H,1-3H3,(H,18,19)(H,20,22). The van der Waals surface area contributed by atoms with Gasteiger partial charge in [-0.1, -0.05) is 22.8 Å². The first kappa shape index (κ1) is 18.2. The summed E-state index contributed by atoms with van der Waals surface area (Å²) in [5.74, 6) is 0.736. The van der Waals surface area contributed by atoms with Crippen molar-refractivity contribution in [3.8, 4) is 0 Å². The van der Waals surface area contributed by atoms with Gasteiger partial charge < -0.3 is 9.84 Å². The summed E-state index contributed by atoms with van der Waals surface area (Å²) in [5, 5.41) is 15.2. The summed E-state index contributed by atoms with van der Waals surface area (Å²) in [7, 11) is -3.86. The van der Waals surface area contributed by atoms with Crippen molar-refractivity contribution in [2.75, 3.05) is 10.0 Å². The van der Waals surface area contributed by atoms with Crippen molar-refractivity contribution in [3.05, 3.63) is 52.4 Å². The zero-order chi connectivity index (χ0) is 18.9. The Bertz CT molecular complexity index is 1030. The SMILES string of the molecule is Cc1ccc(Nc2ccc(NS(=O)(=O)c3c(C)noc3C)nn2)cc1Cl. The highest BCUT2D eigenvalue weighted by Crippen LogP contribution is 2.24. The second-order valence-electron chi connectivity index (χ2n) is 5.65. The van der Waals surface area contributed by atoms with E-state index in [2.05, 4.69) is 25.4 Å². The summed E-state index contributed by atoms with van der Waals surface area (Å²) >= 11 is 6.09. The molecule has 3 aromatic rings. The Morgan fingerprint density at radius 3 is 2.31 bits per heavy atom. The van der Waals surface area contributed by atoms with Gasteiger partial charge in [0.15, 0.2) is 22.3 Å². The van der Waals surface area contributed by atoms with Crippen molar-refractivity contribution in [2.45, 2.75) is 25.7 Å². The molecular weight excluding hydrogens is 378 g/mol. The minimum absolute atomic E-state index is 0.00389. The Kier molecular flexibility index (Phi) is 4.84. The van der Waals surface area contributed by atoms with Gasteiger partial charge in [0.2, 0.25) is 0 Å². The molecule has 3 rings (SSSR count). The highest BCUT2D eigenvalue weighted by atomic mass is 35.5. The lowest BCUT2D eigenvalue weighted by Gasteiger charge is -2.09. The van der Waals surface area contributed by atoms with Gasteiger partial charge in [-0.15, -0.1) is 10.2 Å². The largest absolute Gasteiger partial charge is 0.360 e. The van der Waals surface area contributed by atoms with Crippen LogP contribution < -0.4 is 10.0 Å². The van der Waals surface area contributed by atoms with Gasteiger partial charge in [-0.2, -0.15) is 0 Å². The van der Waals surface area contributed by atoms with Gasteiger partial charge in [0.05, 0.1) is 0 Å². The summed E-state index contributed by atoms with van der Waals surface area (Å²) < 4.78 is 32.1. The zero-order valence-corrected chi connectivity index (χ0v) is 15.8. The molecule has 0 fully saturated rings. The lowest BCUT2D eigenvalue weighted by atomic mass is 10.2. The predicted molar refractivity (Wildman–Crippen MR) is 98.3 cm³/mol. The van der Waals surface area contributed by atoms with Crippen LogP contribution in [0.25, 0.3) is 0 Å². The van der Waals surface area contributed by atoms with E-state index >= 15 is 0 Å². The monoisotopic (exact) mass is 393 g/mol. The molecule has 0 radical (unpaired) electrons. The van der Waals surface area contributed by atoms with E-state index in [0.717, 1.165) is 11.3 Å². The van der Waals surface area contributed by atoms with Crippen LogP contribution in [0.1, 0.15) is 17.0 Å². The van der Waals surface area contributed by atoms with E-state index in [-0.39, 0.29) is 22.2 Å². The van der Waals surface area contributed by atoms with Gasteiger partial charge in [0.25, 0.3) is 10.0 Å². The van der Waals surface area contributed by atoms with Crippen LogP contribution in [0.3, 0.4) is 0 Å². The van der Waals surface area contributed by atoms with Crippen LogP contribution in [-0.4, -0.2) is 23.8 Å². The maximum atomic E-state index is 12.4. The number of nitrogens with one attached hydrogen (secondary N) is 2. The first-order valence-electron chi connectivity index (χ1n) is 7.59. The normalized spacial score (nSPS) is 11.4. The minimum Gasteiger partial charge on any atom is -0.360 e. The van der Waals surface area contributed by atoms with Crippen LogP contribution in [0.2, 0.25) is 5.02 Å². The summed E-state index contributed by atoms with van der Waals surface area (Å²) in [4.78, 5) is -0.00389. The fourth-order valence-corrected chi connectivity index (χ4v) is 3.83. The number of aromatic nitrogens is 3. The van der Waals surface area contributed by atoms with Crippen molar-refractivity contribution in [1.29, 1.82) is 0 Å². The Labute approximate surface area is 155 Å². The van der Waals surface area contributed by atoms with Crippen LogP contribution in [0.4, 0.5) is 17.3 Å². The third kappa shape index (κ3) is 3.78. The van der Waals surface area contributed by atoms with Crippen LogP contribution in [0, 0.1) is 20.8 Å². The summed E-state index contributed by atoms with van der Waals surface area (Å²) in [5.41, 5.74) is 1.99. The Morgan fingerprint density at radius 1 is 1.04 bits per heavy atom. The highest BCUT2D eigenvalue weighted by Gasteiger charge is 2.24. The van der Waals surface area contributed by atoms with E-state index in [4.69, 9.17) is 16.1 Å². The molecule has 10 heteroatoms. The number of hydrogen-bond acceptors (Lipinski definition) is 7. The number of halogens is 1. The van der Waals surface area contributed by atoms with Crippen LogP contribution in [-0.2, 0) is 10.0 Å². The van der Waals surface area contributed by atoms with Gasteiger partial charge in [-0.3, -0.25) is 4.72 Å². The molecule has 0 atom stereocenters. The fraction of sp³-hybridized carbons (Fsp3) is 0.188. The van der Waals surface area contributed by atoms with E-state index < -0.39 is 10.0 Å². The van der Waals surface area contributed by atoms with Crippen molar-refractivity contribution >= 4 is 38.9 Å². The molecule has 0 saturated heterocycles. The number of nitrogens with zero attached hydrogens (tertiary/aromatic N) is 3. The lowest BCUT2D eigenvalue weighted by Crippen LogP contribution is -2.15. The second-order valence-corrected chi connectivity index (χ2v) is 7.68. The van der Waals surface area contributed by atoms with Crippen LogP contribution >= 0.6 is 11.6 Å². The molecular formula is C16H16ClN5O3S. The molecule has 0 aliphatic rings. The molecule has 0 aliphatic carbocycles. The van der Waals surface area contributed by atoms with E-state index in [1.165, 1.54) is 13.0 Å². The molecule has 2 heterocycles. The zero-order valence-electron chi connectivity index (χ0n) is 14.2. The maximum absolute atomic E-state index is 12.4. The quantitative estimate of drug-likeness (QED) is 0.681. The fourth-order valence-electron chi connectivity index (χ4n) is 2.32. The molecule has 136 valence electrons. The summed E-state index contributed by atoms with van der Waals surface area (Å²) in [6.45, 7) is 4.99. The van der Waals surface area contributed by atoms with Crippen molar-refractivity contribution < 1.29 is 12.9 Å². The number of anilines is 3. The van der Waals surface area contributed by atoms with Crippen molar-refractivity contribution in [3.63, 3.8) is 0 Å². The smallest absolute Gasteiger partial charge is 0.268 e. The molecule has 0 unspecified atom stereocenters. The number of aryl methyl sites for hydroxylation is 3. The topological polar surface area (TPSA) is 110 Å². The predicted octanol–water partition coefficient (Wildman–Crippen LogP) is 3.59. The van der Waals surface area contributed by atoms with Gasteiger partial charge in [0, 0.05) is 10.7 Å². The lowest BCUT2D eigenvalue weighted by molar-refractivity contribution is 0.390. The molecule has 8 nitrogen and oxygen atoms in total. The maximum Gasteiger partial charge on any atom is 0.268 e. The van der Waals surface area contributed by atoms with Gasteiger partial charge in [-0.25, -0.2) is 8.42 Å². The average Bonchev–Trinajstić information content (AvgIpc) is 2.92. The number of sulfonamides is 1. The van der Waals surface area contributed by atoms with Gasteiger partial charge in [-0.05, 0) is 50.6 Å². The molecule has 0 aliphatic heterocycles. The Balaban J connectivity index is 1.76. The van der Waals surface area contributed by atoms with E-state index in [0.29, 0.717) is 10.8 Å². The van der Waals surface area contributed by atoms with Crippen LogP contribution in [0.5, 0.6) is 0 Å². The number of hydrogen-bond donors (Lipinski definition) is 2. The van der Waals surface area contributed by atoms with E-state index in [1.807, 2.05) is 19.1 Å². The molecule has 0 amide bonds. The third-order valence-electron chi connectivity index (χ3n) is 3.58. The Morgan fingerprint density at radius 2 is 1.73 bits per heavy atom. The molecule has 2 aromatic heterocycles. The minimum atomic E-state index is -3.86. The van der Waals surface area contributed by atoms with Gasteiger partial charge >= 0.3 is 0 Å². The summed E-state index contributed by atoms with van der Waals surface area (Å²) in [6, 6.07) is 8.61. The van der Waals surface area contributed by atoms with E-state index in [1.54, 1.807) is 19.1 Å². The summed E-state index contributed by atoms with van der Waals surface area (Å²) in [6.07, 6.45) is 0. The van der Waals surface area contributed by atoms with Gasteiger partial charge in [0.1, 0.15) is 5.69 Å². The molecule has 0 spiro atoms. The third-order valence-corrected chi connectivity index (χ3v) is 5.59. The molecule has 0 bridgehead atoms. The van der Waals surface area contributed by atoms with Crippen LogP contribution in [0.15, 0.2) is 39.8 Å². The highest BCUT2D eigenvalue weighted by molar-refractivity contribution is 7.92. The molecule has 26 heavy (non-hydrogen) atoms.